The number of aromatic hydroxyl groups is 1. The molecule has 0 radical (unpaired) electrons. The van der Waals surface area contributed by atoms with E-state index in [1.165, 1.54) is 25.3 Å². The van der Waals surface area contributed by atoms with E-state index in [9.17, 15) is 85.6 Å². The Kier molecular flexibility index (Phi) is 23.1. The summed E-state index contributed by atoms with van der Waals surface area (Å²) in [5.74, 6) is -7.73. The number of aryl methyl sites for hydroxylation is 1. The molecule has 1 aromatic rings. The number of hydrogen-bond acceptors (Lipinski definition) is 25. The molecule has 15 N–H and O–H groups in total. The van der Waals surface area contributed by atoms with Gasteiger partial charge in [0.2, 0.25) is 5.91 Å². The minimum atomic E-state index is -3.16. The number of carboxylic acids is 1. The number of aliphatic hydroxyl groups is 11. The Bertz CT molecular complexity index is 1970. The van der Waals surface area contributed by atoms with Gasteiger partial charge in [-0.15, -0.1) is 0 Å². The summed E-state index contributed by atoms with van der Waals surface area (Å²) in [6.07, 6.45) is -30.1. The number of rotatable bonds is 25. The van der Waals surface area contributed by atoms with E-state index in [4.69, 9.17) is 37.9 Å². The van der Waals surface area contributed by atoms with Crippen LogP contribution in [0.4, 0.5) is 0 Å². The smallest absolute Gasteiger partial charge is 0.364 e. The van der Waals surface area contributed by atoms with E-state index >= 15 is 0 Å². The van der Waals surface area contributed by atoms with Crippen LogP contribution in [0.2, 0.25) is 0 Å². The van der Waals surface area contributed by atoms with Crippen molar-refractivity contribution in [3.8, 4) is 5.75 Å². The minimum Gasteiger partial charge on any atom is -0.507 e. The van der Waals surface area contributed by atoms with Gasteiger partial charge < -0.3 is 120 Å². The number of methoxy groups -OCH3 is 1. The number of ether oxygens (including phenoxy) is 9. The van der Waals surface area contributed by atoms with E-state index in [2.05, 4.69) is 15.4 Å². The lowest BCUT2D eigenvalue weighted by Gasteiger charge is -2.51. The SMILES string of the molecule is COC(=O)CCCCCCCCO[C@@H]1OC(CO)[C@H](OC2OC(CO)[C@@H](O)C(O[C@]3(C(=O)O)CC(O)[C@@H](NC(C)=O)C(C(O)C(O)CO)O3)C2O)C(O[C@@H]2OC[C@H](O)C(O)C2O)C1NC(=O)c1cc(C)ccc1O. The molecule has 4 heterocycles. The molecule has 20 atom stereocenters. The monoisotopic (exact) mass is 1070 g/mol. The molecule has 13 unspecified atom stereocenters. The van der Waals surface area contributed by atoms with Crippen molar-refractivity contribution in [2.24, 2.45) is 0 Å². The number of phenols is 1. The first-order valence-electron chi connectivity index (χ1n) is 24.3. The van der Waals surface area contributed by atoms with Crippen LogP contribution in [0.25, 0.3) is 0 Å². The Hall–Kier alpha value is -3.86. The maximum absolute atomic E-state index is 14.2. The highest BCUT2D eigenvalue weighted by molar-refractivity contribution is 5.97. The molecular formula is C46H72N2O26. The molecule has 4 aliphatic heterocycles. The molecule has 0 aliphatic carbocycles. The molecule has 0 saturated carbocycles. The predicted octanol–water partition coefficient (Wildman–Crippen LogP) is -5.38. The number of carboxylic acid groups (broad SMARTS) is 1. The number of carbonyl (C=O) groups excluding carboxylic acids is 3. The van der Waals surface area contributed by atoms with Crippen molar-refractivity contribution in [1.29, 1.82) is 0 Å². The molecule has 4 fully saturated rings. The van der Waals surface area contributed by atoms with Crippen molar-refractivity contribution in [2.45, 2.75) is 187 Å². The van der Waals surface area contributed by atoms with Gasteiger partial charge in [-0.05, 0) is 31.9 Å². The Balaban J connectivity index is 1.51. The topological polar surface area (TPSA) is 438 Å². The van der Waals surface area contributed by atoms with Gasteiger partial charge in [0, 0.05) is 26.4 Å². The summed E-state index contributed by atoms with van der Waals surface area (Å²) >= 11 is 0. The van der Waals surface area contributed by atoms with Crippen molar-refractivity contribution < 1.29 is 128 Å². The van der Waals surface area contributed by atoms with Gasteiger partial charge in [-0.2, -0.15) is 0 Å². The van der Waals surface area contributed by atoms with Crippen LogP contribution in [0.5, 0.6) is 5.75 Å². The molecule has 0 aromatic heterocycles. The van der Waals surface area contributed by atoms with Crippen molar-refractivity contribution >= 4 is 23.8 Å². The van der Waals surface area contributed by atoms with Crippen molar-refractivity contribution in [1.82, 2.24) is 10.6 Å². The first-order valence-corrected chi connectivity index (χ1v) is 24.3. The van der Waals surface area contributed by atoms with Crippen LogP contribution >= 0.6 is 0 Å². The van der Waals surface area contributed by atoms with E-state index in [1.807, 2.05) is 0 Å². The third-order valence-electron chi connectivity index (χ3n) is 13.2. The van der Waals surface area contributed by atoms with Crippen LogP contribution in [-0.4, -0.2) is 252 Å². The van der Waals surface area contributed by atoms with E-state index in [-0.39, 0.29) is 24.6 Å². The molecule has 0 bridgehead atoms. The number of aliphatic carboxylic acids is 1. The zero-order valence-corrected chi connectivity index (χ0v) is 41.0. The molecule has 1 aromatic carbocycles. The zero-order chi connectivity index (χ0) is 54.6. The zero-order valence-electron chi connectivity index (χ0n) is 41.0. The summed E-state index contributed by atoms with van der Waals surface area (Å²) < 4.78 is 52.5. The Morgan fingerprint density at radius 1 is 0.770 bits per heavy atom. The largest absolute Gasteiger partial charge is 0.507 e. The second-order valence-corrected chi connectivity index (χ2v) is 18.7. The summed E-state index contributed by atoms with van der Waals surface area (Å²) in [7, 11) is 1.31. The number of unbranched alkanes of at least 4 members (excludes halogenated alkanes) is 5. The fourth-order valence-electron chi connectivity index (χ4n) is 9.10. The van der Waals surface area contributed by atoms with Gasteiger partial charge in [-0.3, -0.25) is 14.4 Å². The van der Waals surface area contributed by atoms with Crippen LogP contribution in [0.3, 0.4) is 0 Å². The number of hydrogen-bond donors (Lipinski definition) is 15. The van der Waals surface area contributed by atoms with E-state index in [0.717, 1.165) is 26.2 Å². The normalized spacial score (nSPS) is 36.3. The van der Waals surface area contributed by atoms with Crippen LogP contribution in [-0.2, 0) is 57.0 Å². The Morgan fingerprint density at radius 2 is 1.42 bits per heavy atom. The summed E-state index contributed by atoms with van der Waals surface area (Å²) in [5, 5.41) is 145. The van der Waals surface area contributed by atoms with Gasteiger partial charge in [-0.1, -0.05) is 37.3 Å². The van der Waals surface area contributed by atoms with Crippen LogP contribution < -0.4 is 10.6 Å². The second-order valence-electron chi connectivity index (χ2n) is 18.7. The summed E-state index contributed by atoms with van der Waals surface area (Å²) in [5.41, 5.74) is 0.299. The maximum atomic E-state index is 14.2. The third kappa shape index (κ3) is 15.0. The predicted molar refractivity (Wildman–Crippen MR) is 243 cm³/mol. The number of esters is 1. The quantitative estimate of drug-likeness (QED) is 0.0321. The Labute approximate surface area is 424 Å². The van der Waals surface area contributed by atoms with Crippen LogP contribution in [0, 0.1) is 6.92 Å². The average Bonchev–Trinajstić information content (AvgIpc) is 3.37. The van der Waals surface area contributed by atoms with Crippen molar-refractivity contribution in [3.63, 3.8) is 0 Å². The molecule has 0 spiro atoms. The number of phenolic OH excluding ortho intramolecular Hbond substituents is 1. The van der Waals surface area contributed by atoms with Crippen molar-refractivity contribution in [3.05, 3.63) is 29.3 Å². The third-order valence-corrected chi connectivity index (χ3v) is 13.2. The highest BCUT2D eigenvalue weighted by Crippen LogP contribution is 2.39. The Morgan fingerprint density at radius 3 is 2.05 bits per heavy atom. The number of amides is 2. The van der Waals surface area contributed by atoms with Gasteiger partial charge in [0.25, 0.3) is 11.7 Å². The van der Waals surface area contributed by atoms with Crippen LogP contribution in [0.1, 0.15) is 74.2 Å². The maximum Gasteiger partial charge on any atom is 0.364 e. The van der Waals surface area contributed by atoms with E-state index in [1.54, 1.807) is 6.92 Å². The number of carbonyl (C=O) groups is 4. The highest BCUT2D eigenvalue weighted by Gasteiger charge is 2.61. The molecule has 422 valence electrons. The van der Waals surface area contributed by atoms with Gasteiger partial charge >= 0.3 is 11.9 Å². The summed E-state index contributed by atoms with van der Waals surface area (Å²) in [6, 6.07) is 0.881. The highest BCUT2D eigenvalue weighted by atomic mass is 16.8. The molecule has 28 heteroatoms. The lowest BCUT2D eigenvalue weighted by atomic mass is 9.88. The lowest BCUT2D eigenvalue weighted by Crippen LogP contribution is -2.71. The standard InChI is InChI=1S/C46H72N2O26/c1-20-11-12-23(53)22(14-20)41(63)48-31-39(72-43-35(61)32(58)26(56)19-68-43)37(28(18-51)70-42(31)67-13-9-7-5-4-6-8-10-29(57)66-3)71-44-36(62)40(34(60)27(17-50)69-44)74-46(45(64)65)15-24(54)30(47-21(2)52)38(73-46)33(59)25(55)16-49/h11-12,14,24-28,30-40,42-44,49-51,53-56,58-62H,4-10,13,15-19H2,1-3H3,(H,47,52)(H,48,63)(H,64,65)/t24?,25?,26-,27?,28?,30+,31?,32?,33?,34+,35?,36?,37-,38?,39?,40?,42+,43-,44?,46-/m0/s1. The lowest BCUT2D eigenvalue weighted by molar-refractivity contribution is -0.389. The fraction of sp³-hybridized carbons (Fsp3) is 0.783. The molecule has 4 saturated heterocycles. The first-order chi connectivity index (χ1) is 35.1. The first kappa shape index (κ1) is 61.0. The average molecular weight is 1070 g/mol. The molecule has 28 nitrogen and oxygen atoms in total. The van der Waals surface area contributed by atoms with Crippen LogP contribution in [0.15, 0.2) is 18.2 Å². The van der Waals surface area contributed by atoms with E-state index in [0.29, 0.717) is 24.8 Å². The summed E-state index contributed by atoms with van der Waals surface area (Å²) in [4.78, 5) is 50.9. The van der Waals surface area contributed by atoms with Gasteiger partial charge in [-0.25, -0.2) is 4.79 Å². The van der Waals surface area contributed by atoms with Gasteiger partial charge in [0.05, 0.1) is 51.2 Å². The number of benzene rings is 1. The molecule has 4 aliphatic rings. The number of aliphatic hydroxyl groups excluding tert-OH is 11. The molecule has 5 rings (SSSR count). The minimum absolute atomic E-state index is 0.0389. The van der Waals surface area contributed by atoms with Gasteiger partial charge in [0.1, 0.15) is 91.1 Å². The van der Waals surface area contributed by atoms with Gasteiger partial charge in [0.15, 0.2) is 18.9 Å². The fourth-order valence-corrected chi connectivity index (χ4v) is 9.10. The number of nitrogens with one attached hydrogen (secondary N) is 2. The summed E-state index contributed by atoms with van der Waals surface area (Å²) in [6.45, 7) is -1.13. The molecule has 74 heavy (non-hydrogen) atoms. The van der Waals surface area contributed by atoms with E-state index < -0.39 is 179 Å². The second kappa shape index (κ2) is 28.0. The molecular weight excluding hydrogens is 996 g/mol. The molecule has 2 amide bonds. The van der Waals surface area contributed by atoms with Crippen molar-refractivity contribution in [2.75, 3.05) is 40.1 Å².